The van der Waals surface area contributed by atoms with Crippen molar-refractivity contribution in [3.8, 4) is 0 Å². The van der Waals surface area contributed by atoms with Gasteiger partial charge in [0.05, 0.1) is 4.92 Å². The summed E-state index contributed by atoms with van der Waals surface area (Å²) in [5.74, 6) is 0.766. The van der Waals surface area contributed by atoms with Gasteiger partial charge in [0.25, 0.3) is 0 Å². The summed E-state index contributed by atoms with van der Waals surface area (Å²) in [4.78, 5) is 14.7. The molecule has 2 N–H and O–H groups in total. The van der Waals surface area contributed by atoms with Crippen molar-refractivity contribution < 1.29 is 4.92 Å². The Morgan fingerprint density at radius 1 is 1.30 bits per heavy atom. The van der Waals surface area contributed by atoms with Gasteiger partial charge in [-0.25, -0.2) is 4.98 Å². The van der Waals surface area contributed by atoms with Gasteiger partial charge in [-0.1, -0.05) is 22.0 Å². The molecule has 2 aromatic rings. The molecule has 0 radical (unpaired) electrons. The first kappa shape index (κ1) is 14.3. The Kier molecular flexibility index (Phi) is 4.19. The summed E-state index contributed by atoms with van der Waals surface area (Å²) in [6.07, 6.45) is 0. The maximum atomic E-state index is 11.0. The topological polar surface area (TPSA) is 80.1 Å². The molecule has 1 heterocycles. The predicted octanol–water partition coefficient (Wildman–Crippen LogP) is 3.85. The molecule has 0 atom stereocenters. The smallest absolute Gasteiger partial charge is 0.311 e. The molecule has 0 unspecified atom stereocenters. The zero-order chi connectivity index (χ0) is 14.7. The van der Waals surface area contributed by atoms with Gasteiger partial charge < -0.3 is 10.6 Å². The van der Waals surface area contributed by atoms with E-state index in [1.807, 2.05) is 25.1 Å². The number of anilines is 3. The van der Waals surface area contributed by atoms with Crippen molar-refractivity contribution in [3.05, 3.63) is 50.5 Å². The fraction of sp³-hybridized carbons (Fsp3) is 0.154. The van der Waals surface area contributed by atoms with Crippen LogP contribution < -0.4 is 10.6 Å². The Labute approximate surface area is 124 Å². The molecule has 7 heteroatoms. The summed E-state index contributed by atoms with van der Waals surface area (Å²) in [5, 5.41) is 16.9. The maximum Gasteiger partial charge on any atom is 0.311 e. The normalized spacial score (nSPS) is 10.2. The quantitative estimate of drug-likeness (QED) is 0.654. The van der Waals surface area contributed by atoms with Crippen molar-refractivity contribution in [2.24, 2.45) is 0 Å². The standard InChI is InChI=1S/C13H13BrN4O2/c1-8-3-4-9(7-10(8)14)16-13-11(18(19)20)5-6-12(15-2)17-13/h3-7H,1-2H3,(H2,15,16,17). The number of benzene rings is 1. The Bertz CT molecular complexity index is 661. The van der Waals surface area contributed by atoms with Gasteiger partial charge in [-0.15, -0.1) is 0 Å². The molecule has 0 saturated carbocycles. The number of rotatable bonds is 4. The maximum absolute atomic E-state index is 11.0. The first-order valence-electron chi connectivity index (χ1n) is 5.87. The molecule has 1 aromatic heterocycles. The molecular weight excluding hydrogens is 324 g/mol. The van der Waals surface area contributed by atoms with Crippen molar-refractivity contribution in [2.45, 2.75) is 6.92 Å². The first-order valence-corrected chi connectivity index (χ1v) is 6.67. The third kappa shape index (κ3) is 3.05. The Hall–Kier alpha value is -2.15. The predicted molar refractivity (Wildman–Crippen MR) is 82.6 cm³/mol. The fourth-order valence-corrected chi connectivity index (χ4v) is 2.02. The lowest BCUT2D eigenvalue weighted by atomic mass is 10.2. The van der Waals surface area contributed by atoms with E-state index in [0.29, 0.717) is 5.82 Å². The highest BCUT2D eigenvalue weighted by atomic mass is 79.9. The van der Waals surface area contributed by atoms with Crippen LogP contribution in [0.3, 0.4) is 0 Å². The van der Waals surface area contributed by atoms with Crippen LogP contribution in [0.25, 0.3) is 0 Å². The molecule has 0 bridgehead atoms. The van der Waals surface area contributed by atoms with E-state index in [2.05, 4.69) is 31.5 Å². The molecule has 6 nitrogen and oxygen atoms in total. The number of nitro groups is 1. The van der Waals surface area contributed by atoms with Crippen LogP contribution in [0.2, 0.25) is 0 Å². The molecule has 20 heavy (non-hydrogen) atoms. The van der Waals surface area contributed by atoms with E-state index in [1.165, 1.54) is 6.07 Å². The van der Waals surface area contributed by atoms with E-state index < -0.39 is 4.92 Å². The summed E-state index contributed by atoms with van der Waals surface area (Å²) in [6.45, 7) is 1.97. The van der Waals surface area contributed by atoms with Crippen LogP contribution in [-0.4, -0.2) is 17.0 Å². The lowest BCUT2D eigenvalue weighted by molar-refractivity contribution is -0.384. The first-order chi connectivity index (χ1) is 9.51. The van der Waals surface area contributed by atoms with Crippen LogP contribution in [0.15, 0.2) is 34.8 Å². The lowest BCUT2D eigenvalue weighted by Gasteiger charge is -2.09. The van der Waals surface area contributed by atoms with Crippen LogP contribution in [0.5, 0.6) is 0 Å². The second-order valence-electron chi connectivity index (χ2n) is 4.16. The molecule has 0 fully saturated rings. The second-order valence-corrected chi connectivity index (χ2v) is 5.01. The van der Waals surface area contributed by atoms with Crippen molar-refractivity contribution >= 4 is 38.9 Å². The minimum absolute atomic E-state index is 0.0688. The number of hydrogen-bond donors (Lipinski definition) is 2. The highest BCUT2D eigenvalue weighted by molar-refractivity contribution is 9.10. The number of nitrogens with zero attached hydrogens (tertiary/aromatic N) is 2. The van der Waals surface area contributed by atoms with Gasteiger partial charge in [0.2, 0.25) is 5.82 Å². The minimum Gasteiger partial charge on any atom is -0.373 e. The van der Waals surface area contributed by atoms with E-state index in [4.69, 9.17) is 0 Å². The van der Waals surface area contributed by atoms with Crippen molar-refractivity contribution in [1.29, 1.82) is 0 Å². The monoisotopic (exact) mass is 336 g/mol. The average Bonchev–Trinajstić information content (AvgIpc) is 2.42. The third-order valence-electron chi connectivity index (χ3n) is 2.76. The zero-order valence-electron chi connectivity index (χ0n) is 11.0. The molecule has 1 aromatic carbocycles. The summed E-state index contributed by atoms with van der Waals surface area (Å²) < 4.78 is 0.926. The molecule has 0 spiro atoms. The minimum atomic E-state index is -0.460. The number of hydrogen-bond acceptors (Lipinski definition) is 5. The lowest BCUT2D eigenvalue weighted by Crippen LogP contribution is -2.02. The van der Waals surface area contributed by atoms with Crippen LogP contribution in [0, 0.1) is 17.0 Å². The number of nitrogens with one attached hydrogen (secondary N) is 2. The fourth-order valence-electron chi connectivity index (χ4n) is 1.64. The van der Waals surface area contributed by atoms with E-state index in [-0.39, 0.29) is 11.5 Å². The van der Waals surface area contributed by atoms with Gasteiger partial charge in [-0.2, -0.15) is 0 Å². The second kappa shape index (κ2) is 5.87. The molecule has 0 saturated heterocycles. The molecule has 104 valence electrons. The Morgan fingerprint density at radius 2 is 2.05 bits per heavy atom. The number of aryl methyl sites for hydroxylation is 1. The highest BCUT2D eigenvalue weighted by Gasteiger charge is 2.16. The summed E-state index contributed by atoms with van der Waals surface area (Å²) in [6, 6.07) is 8.60. The third-order valence-corrected chi connectivity index (χ3v) is 3.62. The average molecular weight is 337 g/mol. The van der Waals surface area contributed by atoms with Crippen LogP contribution >= 0.6 is 15.9 Å². The molecular formula is C13H13BrN4O2. The van der Waals surface area contributed by atoms with Gasteiger partial charge in [0.1, 0.15) is 5.82 Å². The summed E-state index contributed by atoms with van der Waals surface area (Å²) in [7, 11) is 1.71. The molecule has 2 rings (SSSR count). The van der Waals surface area contributed by atoms with Crippen molar-refractivity contribution in [2.75, 3.05) is 17.7 Å². The van der Waals surface area contributed by atoms with E-state index in [9.17, 15) is 10.1 Å². The van der Waals surface area contributed by atoms with Crippen molar-refractivity contribution in [1.82, 2.24) is 4.98 Å². The van der Waals surface area contributed by atoms with Crippen molar-refractivity contribution in [3.63, 3.8) is 0 Å². The van der Waals surface area contributed by atoms with E-state index >= 15 is 0 Å². The van der Waals surface area contributed by atoms with Crippen LogP contribution in [0.4, 0.5) is 23.0 Å². The van der Waals surface area contributed by atoms with Gasteiger partial charge >= 0.3 is 5.69 Å². The van der Waals surface area contributed by atoms with Gasteiger partial charge in [-0.3, -0.25) is 10.1 Å². The molecule has 0 aliphatic rings. The van der Waals surface area contributed by atoms with E-state index in [0.717, 1.165) is 15.7 Å². The van der Waals surface area contributed by atoms with Gasteiger partial charge in [-0.05, 0) is 30.7 Å². The Balaban J connectivity index is 2.40. The summed E-state index contributed by atoms with van der Waals surface area (Å²) >= 11 is 3.43. The highest BCUT2D eigenvalue weighted by Crippen LogP contribution is 2.29. The molecule has 0 aliphatic heterocycles. The Morgan fingerprint density at radius 3 is 2.65 bits per heavy atom. The summed E-state index contributed by atoms with van der Waals surface area (Å²) in [5.41, 5.74) is 1.74. The van der Waals surface area contributed by atoms with Gasteiger partial charge in [0.15, 0.2) is 0 Å². The zero-order valence-corrected chi connectivity index (χ0v) is 12.6. The largest absolute Gasteiger partial charge is 0.373 e. The van der Waals surface area contributed by atoms with Crippen LogP contribution in [-0.2, 0) is 0 Å². The number of halogens is 1. The molecule has 0 aliphatic carbocycles. The van der Waals surface area contributed by atoms with E-state index in [1.54, 1.807) is 13.1 Å². The molecule has 0 amide bonds. The number of pyridine rings is 1. The SMILES string of the molecule is CNc1ccc([N+](=O)[O-])c(Nc2ccc(C)c(Br)c2)n1. The van der Waals surface area contributed by atoms with Gasteiger partial charge in [0, 0.05) is 23.3 Å². The van der Waals surface area contributed by atoms with Crippen LogP contribution in [0.1, 0.15) is 5.56 Å². The number of aromatic nitrogens is 1.